The van der Waals surface area contributed by atoms with Crippen molar-refractivity contribution in [1.29, 1.82) is 0 Å². The van der Waals surface area contributed by atoms with Crippen molar-refractivity contribution < 1.29 is 35.6 Å². The highest BCUT2D eigenvalue weighted by Crippen LogP contribution is 2.39. The Bertz CT molecular complexity index is 1340. The molecule has 0 saturated heterocycles. The number of carbonyl (C=O) groups excluding carboxylic acids is 1. The standard InChI is InChI=1S/C21H23ClF3N5O5S/c1-4-29(5-2)9-10-34-15(31)12-30-17(16(22)18(27-30)21(23,24)25)19-26-20(35-28-19)13-7-6-8-14(11-13)36(3,32)33/h6-8,11H,4-5,9-10,12H2,1-3H3. The number of carbonyl (C=O) groups is 1. The van der Waals surface area contributed by atoms with Crippen molar-refractivity contribution in [3.8, 4) is 23.0 Å². The summed E-state index contributed by atoms with van der Waals surface area (Å²) in [5, 5.41) is 6.30. The lowest BCUT2D eigenvalue weighted by Gasteiger charge is -2.17. The summed E-state index contributed by atoms with van der Waals surface area (Å²) < 4.78 is 75.1. The van der Waals surface area contributed by atoms with Gasteiger partial charge >= 0.3 is 12.1 Å². The van der Waals surface area contributed by atoms with Crippen LogP contribution in [0.5, 0.6) is 0 Å². The minimum atomic E-state index is -4.92. The van der Waals surface area contributed by atoms with Crippen molar-refractivity contribution in [3.63, 3.8) is 0 Å². The van der Waals surface area contributed by atoms with Gasteiger partial charge in [0.1, 0.15) is 23.9 Å². The Morgan fingerprint density at radius 1 is 1.25 bits per heavy atom. The average Bonchev–Trinajstić information content (AvgIpc) is 3.40. The summed E-state index contributed by atoms with van der Waals surface area (Å²) >= 11 is 5.99. The number of hydrogen-bond donors (Lipinski definition) is 0. The lowest BCUT2D eigenvalue weighted by atomic mass is 10.2. The molecule has 2 aromatic heterocycles. The van der Waals surface area contributed by atoms with Crippen LogP contribution in [0.3, 0.4) is 0 Å². The molecule has 0 amide bonds. The highest BCUT2D eigenvalue weighted by molar-refractivity contribution is 7.90. The van der Waals surface area contributed by atoms with Crippen LogP contribution < -0.4 is 0 Å². The van der Waals surface area contributed by atoms with Crippen molar-refractivity contribution in [3.05, 3.63) is 35.0 Å². The van der Waals surface area contributed by atoms with Gasteiger partial charge in [-0.25, -0.2) is 13.1 Å². The summed E-state index contributed by atoms with van der Waals surface area (Å²) in [6.45, 7) is 5.19. The number of rotatable bonds is 10. The van der Waals surface area contributed by atoms with Crippen molar-refractivity contribution in [1.82, 2.24) is 24.8 Å². The maximum absolute atomic E-state index is 13.5. The van der Waals surface area contributed by atoms with E-state index in [-0.39, 0.29) is 28.8 Å². The summed E-state index contributed by atoms with van der Waals surface area (Å²) in [6, 6.07) is 5.57. The predicted octanol–water partition coefficient (Wildman–Crippen LogP) is 3.56. The van der Waals surface area contributed by atoms with Gasteiger partial charge in [-0.1, -0.05) is 36.7 Å². The Kier molecular flexibility index (Phi) is 8.41. The molecule has 0 aliphatic carbocycles. The molecule has 2 heterocycles. The van der Waals surface area contributed by atoms with Gasteiger partial charge in [0.2, 0.25) is 5.82 Å². The van der Waals surface area contributed by atoms with Crippen LogP contribution in [0.1, 0.15) is 19.5 Å². The van der Waals surface area contributed by atoms with Gasteiger partial charge in [-0.15, -0.1) is 0 Å². The van der Waals surface area contributed by atoms with E-state index in [0.717, 1.165) is 19.3 Å². The number of aromatic nitrogens is 4. The molecule has 10 nitrogen and oxygen atoms in total. The average molecular weight is 550 g/mol. The van der Waals surface area contributed by atoms with E-state index in [4.69, 9.17) is 20.9 Å². The number of sulfone groups is 1. The van der Waals surface area contributed by atoms with Gasteiger partial charge in [0.05, 0.1) is 4.90 Å². The van der Waals surface area contributed by atoms with Crippen LogP contribution in [0.15, 0.2) is 33.7 Å². The van der Waals surface area contributed by atoms with Crippen LogP contribution in [0, 0.1) is 0 Å². The highest BCUT2D eigenvalue weighted by Gasteiger charge is 2.40. The molecule has 0 radical (unpaired) electrons. The molecule has 0 atom stereocenters. The van der Waals surface area contributed by atoms with Gasteiger partial charge in [0, 0.05) is 18.4 Å². The second-order valence-electron chi connectivity index (χ2n) is 7.64. The molecule has 0 spiro atoms. The Labute approximate surface area is 209 Å². The Hall–Kier alpha value is -2.97. The molecule has 0 unspecified atom stereocenters. The van der Waals surface area contributed by atoms with Gasteiger partial charge in [0.25, 0.3) is 5.89 Å². The van der Waals surface area contributed by atoms with Crippen LogP contribution in [0.25, 0.3) is 23.0 Å². The number of alkyl halides is 3. The van der Waals surface area contributed by atoms with Crippen LogP contribution in [-0.2, 0) is 32.1 Å². The molecule has 0 aliphatic heterocycles. The Morgan fingerprint density at radius 3 is 2.56 bits per heavy atom. The van der Waals surface area contributed by atoms with E-state index in [1.54, 1.807) is 0 Å². The van der Waals surface area contributed by atoms with E-state index in [9.17, 15) is 26.4 Å². The third kappa shape index (κ3) is 6.42. The van der Waals surface area contributed by atoms with Gasteiger partial charge in [-0.2, -0.15) is 23.3 Å². The number of ether oxygens (including phenoxy) is 1. The number of hydrogen-bond acceptors (Lipinski definition) is 9. The molecule has 3 rings (SSSR count). The van der Waals surface area contributed by atoms with Crippen LogP contribution in [0.2, 0.25) is 5.02 Å². The molecule has 1 aromatic carbocycles. The number of halogens is 4. The van der Waals surface area contributed by atoms with Crippen molar-refractivity contribution in [2.45, 2.75) is 31.5 Å². The topological polar surface area (TPSA) is 120 Å². The minimum absolute atomic E-state index is 0.0189. The first-order valence-corrected chi connectivity index (χ1v) is 13.0. The predicted molar refractivity (Wildman–Crippen MR) is 123 cm³/mol. The number of benzene rings is 1. The molecule has 0 aliphatic rings. The van der Waals surface area contributed by atoms with E-state index in [1.807, 2.05) is 18.7 Å². The molecule has 0 N–H and O–H groups in total. The maximum Gasteiger partial charge on any atom is 0.436 e. The van der Waals surface area contributed by atoms with Crippen molar-refractivity contribution in [2.24, 2.45) is 0 Å². The highest BCUT2D eigenvalue weighted by atomic mass is 35.5. The second kappa shape index (κ2) is 11.0. The fourth-order valence-electron chi connectivity index (χ4n) is 3.24. The summed E-state index contributed by atoms with van der Waals surface area (Å²) in [4.78, 5) is 18.4. The molecule has 0 saturated carbocycles. The van der Waals surface area contributed by atoms with Gasteiger partial charge < -0.3 is 14.2 Å². The monoisotopic (exact) mass is 549 g/mol. The molecule has 3 aromatic rings. The smallest absolute Gasteiger partial charge is 0.436 e. The van der Waals surface area contributed by atoms with Gasteiger partial charge in [0.15, 0.2) is 15.5 Å². The first-order valence-electron chi connectivity index (χ1n) is 10.7. The van der Waals surface area contributed by atoms with E-state index >= 15 is 0 Å². The van der Waals surface area contributed by atoms with E-state index in [2.05, 4.69) is 15.2 Å². The van der Waals surface area contributed by atoms with Crippen LogP contribution >= 0.6 is 11.6 Å². The lowest BCUT2D eigenvalue weighted by molar-refractivity contribution is -0.146. The van der Waals surface area contributed by atoms with E-state index < -0.39 is 44.9 Å². The third-order valence-electron chi connectivity index (χ3n) is 5.15. The summed E-state index contributed by atoms with van der Waals surface area (Å²) in [7, 11) is -3.54. The Balaban J connectivity index is 1.93. The van der Waals surface area contributed by atoms with E-state index in [1.165, 1.54) is 24.3 Å². The Morgan fingerprint density at radius 2 is 1.94 bits per heavy atom. The van der Waals surface area contributed by atoms with Crippen LogP contribution in [0.4, 0.5) is 13.2 Å². The molecule has 196 valence electrons. The van der Waals surface area contributed by atoms with Gasteiger partial charge in [-0.05, 0) is 31.3 Å². The zero-order chi connectivity index (χ0) is 26.7. The zero-order valence-corrected chi connectivity index (χ0v) is 21.1. The van der Waals surface area contributed by atoms with Crippen LogP contribution in [-0.4, -0.2) is 71.7 Å². The number of esters is 1. The molecule has 0 fully saturated rings. The maximum atomic E-state index is 13.5. The largest absolute Gasteiger partial charge is 0.463 e. The number of nitrogens with zero attached hydrogens (tertiary/aromatic N) is 5. The van der Waals surface area contributed by atoms with Crippen molar-refractivity contribution in [2.75, 3.05) is 32.5 Å². The molecule has 0 bridgehead atoms. The SMILES string of the molecule is CCN(CC)CCOC(=O)Cn1nc(C(F)(F)F)c(Cl)c1-c1noc(-c2cccc(S(C)(=O)=O)c2)n1. The fourth-order valence-corrected chi connectivity index (χ4v) is 4.24. The normalized spacial score (nSPS) is 12.3. The molecule has 36 heavy (non-hydrogen) atoms. The fraction of sp³-hybridized carbons (Fsp3) is 0.429. The molecular weight excluding hydrogens is 527 g/mol. The third-order valence-corrected chi connectivity index (χ3v) is 6.62. The summed E-state index contributed by atoms with van der Waals surface area (Å²) in [5.74, 6) is -1.38. The summed E-state index contributed by atoms with van der Waals surface area (Å²) in [6.07, 6.45) is -3.90. The van der Waals surface area contributed by atoms with E-state index in [0.29, 0.717) is 11.2 Å². The summed E-state index contributed by atoms with van der Waals surface area (Å²) in [5.41, 5.74) is -1.62. The first-order chi connectivity index (χ1) is 16.8. The zero-order valence-electron chi connectivity index (χ0n) is 19.5. The molecular formula is C21H23ClF3N5O5S. The number of likely N-dealkylation sites (N-methyl/N-ethyl adjacent to an activating group) is 1. The quantitative estimate of drug-likeness (QED) is 0.349. The first kappa shape index (κ1) is 27.6. The minimum Gasteiger partial charge on any atom is -0.463 e. The van der Waals surface area contributed by atoms with Gasteiger partial charge in [-0.3, -0.25) is 4.79 Å². The second-order valence-corrected chi connectivity index (χ2v) is 10.0. The molecule has 15 heteroatoms. The van der Waals surface area contributed by atoms with Crippen molar-refractivity contribution >= 4 is 27.4 Å². The lowest BCUT2D eigenvalue weighted by Crippen LogP contribution is -2.28.